The largest absolute Gasteiger partial charge is 0.479 e. The fourth-order valence-corrected chi connectivity index (χ4v) is 2.84. The fourth-order valence-electron chi connectivity index (χ4n) is 2.84. The molecule has 150 valence electrons. The Kier molecular flexibility index (Phi) is 6.07. The van der Waals surface area contributed by atoms with Gasteiger partial charge in [0.1, 0.15) is 17.3 Å². The smallest absolute Gasteiger partial charge is 0.341 e. The quantitative estimate of drug-likeness (QED) is 0.575. The molecule has 0 spiro atoms. The van der Waals surface area contributed by atoms with Crippen molar-refractivity contribution in [3.8, 4) is 16.9 Å². The molecule has 3 aromatic carbocycles. The summed E-state index contributed by atoms with van der Waals surface area (Å²) in [5.74, 6) is -3.83. The van der Waals surface area contributed by atoms with Gasteiger partial charge >= 0.3 is 5.97 Å². The van der Waals surface area contributed by atoms with Crippen LogP contribution in [0.4, 0.5) is 18.9 Å². The van der Waals surface area contributed by atoms with Crippen molar-refractivity contribution in [3.05, 3.63) is 83.2 Å². The third-order valence-electron chi connectivity index (χ3n) is 4.37. The number of ether oxygens (including phenoxy) is 1. The lowest BCUT2D eigenvalue weighted by Gasteiger charge is -2.14. The van der Waals surface area contributed by atoms with Gasteiger partial charge in [-0.15, -0.1) is 0 Å². The molecular weight excluding hydrogens is 383 g/mol. The molecule has 4 nitrogen and oxygen atoms in total. The van der Waals surface area contributed by atoms with Gasteiger partial charge in [0.15, 0.2) is 18.2 Å². The SMILES string of the molecule is Cc1ccc(-c2cccc(F)c2)cc1CNc1c(F)ccc(OCC(=O)O)c1F. The van der Waals surface area contributed by atoms with E-state index in [4.69, 9.17) is 9.84 Å². The number of anilines is 1. The molecule has 29 heavy (non-hydrogen) atoms. The van der Waals surface area contributed by atoms with E-state index >= 15 is 0 Å². The molecule has 0 atom stereocenters. The van der Waals surface area contributed by atoms with E-state index in [1.54, 1.807) is 12.1 Å². The minimum atomic E-state index is -1.27. The first-order chi connectivity index (χ1) is 13.8. The van der Waals surface area contributed by atoms with Crippen molar-refractivity contribution in [2.45, 2.75) is 13.5 Å². The first-order valence-electron chi connectivity index (χ1n) is 8.77. The molecule has 0 fully saturated rings. The van der Waals surface area contributed by atoms with Gasteiger partial charge in [0.25, 0.3) is 0 Å². The number of benzene rings is 3. The fraction of sp³-hybridized carbons (Fsp3) is 0.136. The first kappa shape index (κ1) is 20.3. The van der Waals surface area contributed by atoms with E-state index in [-0.39, 0.29) is 18.1 Å². The predicted molar refractivity (Wildman–Crippen MR) is 103 cm³/mol. The van der Waals surface area contributed by atoms with Gasteiger partial charge < -0.3 is 15.2 Å². The van der Waals surface area contributed by atoms with Crippen molar-refractivity contribution in [2.24, 2.45) is 0 Å². The molecule has 0 amide bonds. The van der Waals surface area contributed by atoms with Crippen LogP contribution in [0, 0.1) is 24.4 Å². The summed E-state index contributed by atoms with van der Waals surface area (Å²) in [5, 5.41) is 11.4. The topological polar surface area (TPSA) is 58.6 Å². The number of nitrogens with one attached hydrogen (secondary N) is 1. The Morgan fingerprint density at radius 3 is 2.52 bits per heavy atom. The highest BCUT2D eigenvalue weighted by Crippen LogP contribution is 2.29. The van der Waals surface area contributed by atoms with Gasteiger partial charge in [-0.05, 0) is 59.5 Å². The molecular formula is C22H18F3NO3. The van der Waals surface area contributed by atoms with E-state index in [9.17, 15) is 18.0 Å². The number of halogens is 3. The number of carboxylic acid groups (broad SMARTS) is 1. The number of carboxylic acids is 1. The summed E-state index contributed by atoms with van der Waals surface area (Å²) < 4.78 is 47.0. The van der Waals surface area contributed by atoms with E-state index in [1.165, 1.54) is 12.1 Å². The minimum absolute atomic E-state index is 0.102. The zero-order valence-electron chi connectivity index (χ0n) is 15.5. The standard InChI is InChI=1S/C22H18F3NO3/c1-13-5-6-15(14-3-2-4-17(23)10-14)9-16(13)11-26-22-18(24)7-8-19(21(22)25)29-12-20(27)28/h2-10,26H,11-12H2,1H3,(H,27,28). The summed E-state index contributed by atoms with van der Waals surface area (Å²) in [7, 11) is 0. The third-order valence-corrected chi connectivity index (χ3v) is 4.37. The summed E-state index contributed by atoms with van der Waals surface area (Å²) in [4.78, 5) is 10.6. The molecule has 0 aromatic heterocycles. The molecule has 7 heteroatoms. The monoisotopic (exact) mass is 401 g/mol. The van der Waals surface area contributed by atoms with Crippen molar-refractivity contribution in [3.63, 3.8) is 0 Å². The van der Waals surface area contributed by atoms with Crippen LogP contribution >= 0.6 is 0 Å². The van der Waals surface area contributed by atoms with Gasteiger partial charge in [0, 0.05) is 6.54 Å². The second kappa shape index (κ2) is 8.68. The molecule has 0 heterocycles. The zero-order chi connectivity index (χ0) is 21.0. The highest BCUT2D eigenvalue weighted by Gasteiger charge is 2.16. The lowest BCUT2D eigenvalue weighted by molar-refractivity contribution is -0.139. The van der Waals surface area contributed by atoms with Gasteiger partial charge in [-0.3, -0.25) is 0 Å². The van der Waals surface area contributed by atoms with E-state index in [1.807, 2.05) is 25.1 Å². The van der Waals surface area contributed by atoms with Crippen molar-refractivity contribution in [2.75, 3.05) is 11.9 Å². The lowest BCUT2D eigenvalue weighted by atomic mass is 9.99. The molecule has 0 aliphatic carbocycles. The van der Waals surface area contributed by atoms with Crippen LogP contribution in [0.15, 0.2) is 54.6 Å². The third kappa shape index (κ3) is 4.87. The summed E-state index contributed by atoms with van der Waals surface area (Å²) in [6, 6.07) is 13.7. The predicted octanol–water partition coefficient (Wildman–Crippen LogP) is 5.15. The zero-order valence-corrected chi connectivity index (χ0v) is 15.5. The summed E-state index contributed by atoms with van der Waals surface area (Å²) in [5.41, 5.74) is 2.70. The highest BCUT2D eigenvalue weighted by atomic mass is 19.1. The van der Waals surface area contributed by atoms with Crippen LogP contribution in [0.1, 0.15) is 11.1 Å². The highest BCUT2D eigenvalue weighted by molar-refractivity contribution is 5.68. The van der Waals surface area contributed by atoms with Crippen LogP contribution in [0.25, 0.3) is 11.1 Å². The molecule has 0 radical (unpaired) electrons. The van der Waals surface area contributed by atoms with E-state index in [2.05, 4.69) is 5.32 Å². The number of aryl methyl sites for hydroxylation is 1. The van der Waals surface area contributed by atoms with Crippen molar-refractivity contribution < 1.29 is 27.8 Å². The number of aliphatic carboxylic acids is 1. The van der Waals surface area contributed by atoms with E-state index in [0.717, 1.165) is 28.8 Å². The maximum absolute atomic E-state index is 14.5. The average molecular weight is 401 g/mol. The van der Waals surface area contributed by atoms with Crippen molar-refractivity contribution >= 4 is 11.7 Å². The summed E-state index contributed by atoms with van der Waals surface area (Å²) >= 11 is 0. The van der Waals surface area contributed by atoms with Crippen LogP contribution in [0.3, 0.4) is 0 Å². The lowest BCUT2D eigenvalue weighted by Crippen LogP contribution is -2.12. The van der Waals surface area contributed by atoms with Crippen LogP contribution in [-0.4, -0.2) is 17.7 Å². The normalized spacial score (nSPS) is 10.6. The molecule has 2 N–H and O–H groups in total. The maximum atomic E-state index is 14.5. The van der Waals surface area contributed by atoms with Crippen LogP contribution < -0.4 is 10.1 Å². The summed E-state index contributed by atoms with van der Waals surface area (Å²) in [6.07, 6.45) is 0. The number of hydrogen-bond donors (Lipinski definition) is 2. The molecule has 0 aliphatic rings. The van der Waals surface area contributed by atoms with Crippen molar-refractivity contribution in [1.82, 2.24) is 0 Å². The molecule has 0 saturated carbocycles. The molecule has 3 aromatic rings. The van der Waals surface area contributed by atoms with Crippen LogP contribution in [-0.2, 0) is 11.3 Å². The average Bonchev–Trinajstić information content (AvgIpc) is 2.68. The summed E-state index contributed by atoms with van der Waals surface area (Å²) in [6.45, 7) is 1.22. The Bertz CT molecular complexity index is 1050. The van der Waals surface area contributed by atoms with E-state index in [0.29, 0.717) is 5.56 Å². The molecule has 3 rings (SSSR count). The number of carbonyl (C=O) groups is 1. The number of hydrogen-bond acceptors (Lipinski definition) is 3. The van der Waals surface area contributed by atoms with Gasteiger partial charge in [-0.1, -0.05) is 24.3 Å². The first-order valence-corrected chi connectivity index (χ1v) is 8.77. The van der Waals surface area contributed by atoms with Crippen LogP contribution in [0.2, 0.25) is 0 Å². The molecule has 0 bridgehead atoms. The van der Waals surface area contributed by atoms with Gasteiger partial charge in [0.05, 0.1) is 0 Å². The van der Waals surface area contributed by atoms with Gasteiger partial charge in [-0.2, -0.15) is 0 Å². The second-order valence-electron chi connectivity index (χ2n) is 6.42. The Balaban J connectivity index is 1.83. The van der Waals surface area contributed by atoms with Gasteiger partial charge in [-0.25, -0.2) is 18.0 Å². The minimum Gasteiger partial charge on any atom is -0.479 e. The number of rotatable bonds is 7. The molecule has 0 saturated heterocycles. The Morgan fingerprint density at radius 2 is 1.79 bits per heavy atom. The second-order valence-corrected chi connectivity index (χ2v) is 6.42. The van der Waals surface area contributed by atoms with Crippen LogP contribution in [0.5, 0.6) is 5.75 Å². The Labute approximate surface area is 165 Å². The molecule has 0 aliphatic heterocycles. The van der Waals surface area contributed by atoms with E-state index < -0.39 is 29.9 Å². The maximum Gasteiger partial charge on any atom is 0.341 e. The Hall–Kier alpha value is -3.48. The van der Waals surface area contributed by atoms with Gasteiger partial charge in [0.2, 0.25) is 0 Å². The van der Waals surface area contributed by atoms with Crippen molar-refractivity contribution in [1.29, 1.82) is 0 Å². The molecule has 0 unspecified atom stereocenters. The Morgan fingerprint density at radius 1 is 1.03 bits per heavy atom.